The summed E-state index contributed by atoms with van der Waals surface area (Å²) < 4.78 is 17.4. The van der Waals surface area contributed by atoms with Crippen LogP contribution in [0.3, 0.4) is 0 Å². The third-order valence-electron chi connectivity index (χ3n) is 10.3. The summed E-state index contributed by atoms with van der Waals surface area (Å²) >= 11 is 0. The van der Waals surface area contributed by atoms with Gasteiger partial charge >= 0.3 is 0 Å². The minimum absolute atomic E-state index is 0.00153. The van der Waals surface area contributed by atoms with E-state index in [1.807, 2.05) is 39.6 Å². The smallest absolute Gasteiger partial charge is 0.270 e. The van der Waals surface area contributed by atoms with Gasteiger partial charge in [0.05, 0.1) is 5.69 Å². The zero-order valence-electron chi connectivity index (χ0n) is 29.2. The Morgan fingerprint density at radius 1 is 0.958 bits per heavy atom. The van der Waals surface area contributed by atoms with Gasteiger partial charge < -0.3 is 25.8 Å². The van der Waals surface area contributed by atoms with Crippen LogP contribution >= 0.6 is 0 Å². The van der Waals surface area contributed by atoms with Gasteiger partial charge in [-0.15, -0.1) is 0 Å². The van der Waals surface area contributed by atoms with Crippen LogP contribution in [0.25, 0.3) is 0 Å². The number of nitrogens with one attached hydrogen (secondary N) is 3. The Hall–Kier alpha value is -3.80. The molecule has 4 unspecified atom stereocenters. The van der Waals surface area contributed by atoms with Gasteiger partial charge in [0, 0.05) is 50.3 Å². The van der Waals surface area contributed by atoms with Gasteiger partial charge in [0.2, 0.25) is 17.7 Å². The van der Waals surface area contributed by atoms with Crippen molar-refractivity contribution in [3.8, 4) is 0 Å². The zero-order valence-corrected chi connectivity index (χ0v) is 29.2. The van der Waals surface area contributed by atoms with Crippen LogP contribution in [-0.2, 0) is 14.4 Å². The molecule has 0 bridgehead atoms. The Labute approximate surface area is 283 Å². The number of anilines is 1. The van der Waals surface area contributed by atoms with E-state index in [1.54, 1.807) is 29.9 Å². The van der Waals surface area contributed by atoms with Gasteiger partial charge in [-0.25, -0.2) is 4.39 Å². The predicted octanol–water partition coefficient (Wildman–Crippen LogP) is 4.33. The summed E-state index contributed by atoms with van der Waals surface area (Å²) in [5.41, 5.74) is 0.903. The van der Waals surface area contributed by atoms with Crippen molar-refractivity contribution in [2.24, 2.45) is 17.8 Å². The van der Waals surface area contributed by atoms with E-state index in [0.29, 0.717) is 29.6 Å². The highest BCUT2D eigenvalue weighted by Crippen LogP contribution is 2.51. The monoisotopic (exact) mass is 665 g/mol. The van der Waals surface area contributed by atoms with E-state index in [-0.39, 0.29) is 47.8 Å². The van der Waals surface area contributed by atoms with Crippen LogP contribution in [-0.4, -0.2) is 88.0 Å². The maximum Gasteiger partial charge on any atom is 0.270 e. The van der Waals surface area contributed by atoms with Crippen LogP contribution in [0.1, 0.15) is 101 Å². The molecule has 3 aliphatic rings. The van der Waals surface area contributed by atoms with Crippen molar-refractivity contribution >= 4 is 29.3 Å². The number of aromatic nitrogens is 2. The van der Waals surface area contributed by atoms with Crippen molar-refractivity contribution in [2.45, 2.75) is 103 Å². The van der Waals surface area contributed by atoms with Crippen LogP contribution in [0, 0.1) is 23.6 Å². The number of carbonyl (C=O) groups is 4. The van der Waals surface area contributed by atoms with E-state index in [0.717, 1.165) is 45.2 Å². The lowest BCUT2D eigenvalue weighted by molar-refractivity contribution is -0.141. The highest BCUT2D eigenvalue weighted by Gasteiger charge is 2.48. The molecule has 11 nitrogen and oxygen atoms in total. The number of benzene rings is 1. The van der Waals surface area contributed by atoms with Crippen molar-refractivity contribution in [3.05, 3.63) is 47.5 Å². The minimum atomic E-state index is -0.869. The molecule has 1 aliphatic heterocycles. The van der Waals surface area contributed by atoms with Crippen molar-refractivity contribution in [2.75, 3.05) is 32.0 Å². The zero-order chi connectivity index (χ0) is 34.7. The van der Waals surface area contributed by atoms with Crippen LogP contribution < -0.4 is 16.0 Å². The Balaban J connectivity index is 1.35. The topological polar surface area (TPSA) is 129 Å². The largest absolute Gasteiger partial charge is 0.344 e. The number of rotatable bonds is 14. The summed E-state index contributed by atoms with van der Waals surface area (Å²) in [7, 11) is 2.03. The lowest BCUT2D eigenvalue weighted by atomic mass is 9.88. The van der Waals surface area contributed by atoms with Crippen molar-refractivity contribution in [1.82, 2.24) is 30.2 Å². The molecule has 2 aromatic rings. The molecule has 0 radical (unpaired) electrons. The average Bonchev–Trinajstić information content (AvgIpc) is 4.02. The van der Waals surface area contributed by atoms with Gasteiger partial charge in [-0.2, -0.15) is 5.10 Å². The number of nitrogens with zero attached hydrogens (tertiary/aromatic N) is 4. The van der Waals surface area contributed by atoms with Gasteiger partial charge in [-0.1, -0.05) is 26.8 Å². The molecular weight excluding hydrogens is 613 g/mol. The summed E-state index contributed by atoms with van der Waals surface area (Å²) in [6.45, 7) is 11.5. The SMILES string of the molecule is CCC(=O)NC(C(=O)N1CCN(C)CC1CC)C(C)c1ccc(NC(=O)C(NC(=O)c2ccnn2C(C)C)C(C2CC2)C2CC2)c(F)c1. The second-order valence-corrected chi connectivity index (χ2v) is 14.2. The highest BCUT2D eigenvalue weighted by atomic mass is 19.1. The molecule has 1 aromatic carbocycles. The molecule has 0 spiro atoms. The van der Waals surface area contributed by atoms with Gasteiger partial charge in [0.15, 0.2) is 0 Å². The van der Waals surface area contributed by atoms with Gasteiger partial charge in [0.1, 0.15) is 23.6 Å². The molecule has 12 heteroatoms. The van der Waals surface area contributed by atoms with E-state index in [1.165, 1.54) is 12.1 Å². The van der Waals surface area contributed by atoms with E-state index in [2.05, 4.69) is 25.9 Å². The lowest BCUT2D eigenvalue weighted by Gasteiger charge is -2.42. The molecule has 48 heavy (non-hydrogen) atoms. The summed E-state index contributed by atoms with van der Waals surface area (Å²) in [6.07, 6.45) is 6.60. The second-order valence-electron chi connectivity index (χ2n) is 14.2. The molecule has 1 aromatic heterocycles. The molecular formula is C36H52FN7O4. The molecule has 5 rings (SSSR count). The predicted molar refractivity (Wildman–Crippen MR) is 182 cm³/mol. The number of halogens is 1. The maximum atomic E-state index is 15.8. The van der Waals surface area contributed by atoms with Crippen LogP contribution in [0.2, 0.25) is 0 Å². The van der Waals surface area contributed by atoms with Crippen molar-refractivity contribution in [1.29, 1.82) is 0 Å². The fourth-order valence-electron chi connectivity index (χ4n) is 7.17. The van der Waals surface area contributed by atoms with E-state index >= 15 is 4.39 Å². The first-order valence-electron chi connectivity index (χ1n) is 17.7. The molecule has 4 atom stereocenters. The van der Waals surface area contributed by atoms with Crippen LogP contribution in [0.4, 0.5) is 10.1 Å². The average molecular weight is 666 g/mol. The molecule has 2 saturated carbocycles. The van der Waals surface area contributed by atoms with E-state index in [9.17, 15) is 19.2 Å². The minimum Gasteiger partial charge on any atom is -0.344 e. The highest BCUT2D eigenvalue weighted by molar-refractivity contribution is 6.01. The molecule has 3 fully saturated rings. The summed E-state index contributed by atoms with van der Waals surface area (Å²) in [4.78, 5) is 57.9. The lowest BCUT2D eigenvalue weighted by Crippen LogP contribution is -2.59. The van der Waals surface area contributed by atoms with Crippen molar-refractivity contribution < 1.29 is 23.6 Å². The molecule has 262 valence electrons. The fourth-order valence-corrected chi connectivity index (χ4v) is 7.17. The van der Waals surface area contributed by atoms with Gasteiger partial charge in [-0.05, 0) is 94.5 Å². The second kappa shape index (κ2) is 15.2. The fraction of sp³-hybridized carbons (Fsp3) is 0.639. The standard InChI is InChI=1S/C36H52FN7O4/c1-7-26-20-42(6)17-18-43(26)36(48)32(40-30(45)8-2)22(5)25-13-14-28(27(37)19-25)39-35(47)33(31(23-9-10-23)24-11-12-24)41-34(46)29-15-16-38-44(29)21(3)4/h13-16,19,21-24,26,31-33H,7-12,17-18,20H2,1-6H3,(H,39,47)(H,40,45)(H,41,46). The van der Waals surface area contributed by atoms with Crippen LogP contribution in [0.15, 0.2) is 30.5 Å². The summed E-state index contributed by atoms with van der Waals surface area (Å²) in [5.74, 6) is -1.78. The number of hydrogen-bond donors (Lipinski definition) is 3. The van der Waals surface area contributed by atoms with Crippen LogP contribution in [0.5, 0.6) is 0 Å². The first-order chi connectivity index (χ1) is 22.9. The number of amides is 4. The Bertz CT molecular complexity index is 1470. The molecule has 1 saturated heterocycles. The Morgan fingerprint density at radius 3 is 2.23 bits per heavy atom. The molecule has 4 amide bonds. The molecule has 2 aliphatic carbocycles. The van der Waals surface area contributed by atoms with Gasteiger partial charge in [-0.3, -0.25) is 23.9 Å². The first kappa shape index (κ1) is 35.5. The molecule has 2 heterocycles. The number of likely N-dealkylation sites (N-methyl/N-ethyl adjacent to an activating group) is 1. The number of carbonyl (C=O) groups excluding carboxylic acids is 4. The number of piperazine rings is 1. The van der Waals surface area contributed by atoms with Gasteiger partial charge in [0.25, 0.3) is 5.91 Å². The van der Waals surface area contributed by atoms with Crippen molar-refractivity contribution in [3.63, 3.8) is 0 Å². The molecule has 3 N–H and O–H groups in total. The normalized spacial score (nSPS) is 20.4. The Morgan fingerprint density at radius 2 is 1.65 bits per heavy atom. The maximum absolute atomic E-state index is 15.8. The third kappa shape index (κ3) is 8.07. The summed E-state index contributed by atoms with van der Waals surface area (Å²) in [6, 6.07) is 4.45. The Kier molecular flexibility index (Phi) is 11.2. The van der Waals surface area contributed by atoms with E-state index < -0.39 is 29.7 Å². The quantitative estimate of drug-likeness (QED) is 0.276. The van der Waals surface area contributed by atoms with E-state index in [4.69, 9.17) is 0 Å². The third-order valence-corrected chi connectivity index (χ3v) is 10.3. The summed E-state index contributed by atoms with van der Waals surface area (Å²) in [5, 5.41) is 12.9. The number of hydrogen-bond acceptors (Lipinski definition) is 6. The first-order valence-corrected chi connectivity index (χ1v) is 17.7.